The highest BCUT2D eigenvalue weighted by Crippen LogP contribution is 2.23. The van der Waals surface area contributed by atoms with E-state index in [0.717, 1.165) is 10.4 Å². The summed E-state index contributed by atoms with van der Waals surface area (Å²) in [6.07, 6.45) is 1.58. The number of nitrogens with one attached hydrogen (secondary N) is 1. The van der Waals surface area contributed by atoms with Crippen molar-refractivity contribution >= 4 is 33.7 Å². The van der Waals surface area contributed by atoms with E-state index >= 15 is 0 Å². The van der Waals surface area contributed by atoms with Crippen molar-refractivity contribution in [3.63, 3.8) is 0 Å². The molecule has 2 rings (SSSR count). The number of carbonyl (C=O) groups excluding carboxylic acids is 1. The molecule has 0 unspecified atom stereocenters. The molecule has 0 aliphatic rings. The molecule has 6 heteroatoms. The smallest absolute Gasteiger partial charge is 0.267 e. The number of hydrogen-bond donors (Lipinski definition) is 2. The molecule has 19 heavy (non-hydrogen) atoms. The molecule has 0 fully saturated rings. The molecule has 2 N–H and O–H groups in total. The number of nitrogens with zero attached hydrogens (tertiary/aromatic N) is 1. The molecule has 2 heterocycles. The van der Waals surface area contributed by atoms with Crippen molar-refractivity contribution in [1.82, 2.24) is 4.98 Å². The first-order valence-electron chi connectivity index (χ1n) is 5.54. The molecular formula is C13H12N2O2S2. The number of aryl methyl sites for hydroxylation is 2. The molecule has 4 nitrogen and oxygen atoms in total. The molecular weight excluding hydrogens is 280 g/mol. The fourth-order valence-corrected chi connectivity index (χ4v) is 2.98. The number of thiazole rings is 1. The average Bonchev–Trinajstić information content (AvgIpc) is 2.95. The number of rotatable bonds is 2. The van der Waals surface area contributed by atoms with E-state index in [1.807, 2.05) is 19.9 Å². The monoisotopic (exact) mass is 292 g/mol. The van der Waals surface area contributed by atoms with E-state index in [9.17, 15) is 4.79 Å². The third-order valence-corrected chi connectivity index (χ3v) is 4.39. The Morgan fingerprint density at radius 1 is 1.47 bits per heavy atom. The summed E-state index contributed by atoms with van der Waals surface area (Å²) in [4.78, 5) is 18.6. The third-order valence-electron chi connectivity index (χ3n) is 2.41. The summed E-state index contributed by atoms with van der Waals surface area (Å²) in [7, 11) is 0. The van der Waals surface area contributed by atoms with Crippen molar-refractivity contribution in [3.05, 3.63) is 32.5 Å². The molecule has 0 aliphatic heterocycles. The van der Waals surface area contributed by atoms with Gasteiger partial charge >= 0.3 is 0 Å². The van der Waals surface area contributed by atoms with Gasteiger partial charge in [-0.1, -0.05) is 23.2 Å². The van der Waals surface area contributed by atoms with E-state index in [2.05, 4.69) is 22.1 Å². The molecule has 0 saturated carbocycles. The number of aromatic nitrogens is 1. The van der Waals surface area contributed by atoms with E-state index in [-0.39, 0.29) is 12.5 Å². The number of hydrogen-bond acceptors (Lipinski definition) is 5. The Morgan fingerprint density at radius 2 is 2.26 bits per heavy atom. The third kappa shape index (κ3) is 3.41. The fourth-order valence-electron chi connectivity index (χ4n) is 1.36. The van der Waals surface area contributed by atoms with Crippen molar-refractivity contribution in [2.24, 2.45) is 0 Å². The van der Waals surface area contributed by atoms with Crippen LogP contribution in [0.1, 0.15) is 25.0 Å². The predicted octanol–water partition coefficient (Wildman–Crippen LogP) is 2.42. The van der Waals surface area contributed by atoms with Crippen LogP contribution in [0.15, 0.2) is 12.3 Å². The molecule has 2 aromatic rings. The Morgan fingerprint density at radius 3 is 2.89 bits per heavy atom. The zero-order valence-corrected chi connectivity index (χ0v) is 12.1. The van der Waals surface area contributed by atoms with Crippen LogP contribution in [0.4, 0.5) is 5.13 Å². The summed E-state index contributed by atoms with van der Waals surface area (Å²) in [5.74, 6) is 5.13. The maximum atomic E-state index is 12.0. The molecule has 1 amide bonds. The van der Waals surface area contributed by atoms with Gasteiger partial charge in [0.2, 0.25) is 0 Å². The number of thiophene rings is 1. The normalized spacial score (nSPS) is 9.84. The first kappa shape index (κ1) is 13.7. The van der Waals surface area contributed by atoms with Gasteiger partial charge in [-0.3, -0.25) is 10.1 Å². The first-order chi connectivity index (χ1) is 9.10. The standard InChI is InChI=1S/C13H12N2O2S2/c1-8-6-11(18-9(8)2)12(17)15-13-14-7-10(19-13)4-3-5-16/h6-7,16H,5H2,1-2H3,(H,14,15,17). The minimum Gasteiger partial charge on any atom is -0.384 e. The maximum absolute atomic E-state index is 12.0. The Hall–Kier alpha value is -1.68. The fraction of sp³-hybridized carbons (Fsp3) is 0.231. The van der Waals surface area contributed by atoms with Gasteiger partial charge in [-0.2, -0.15) is 0 Å². The van der Waals surface area contributed by atoms with Crippen molar-refractivity contribution in [2.45, 2.75) is 13.8 Å². The molecule has 0 aliphatic carbocycles. The minimum atomic E-state index is -0.187. The van der Waals surface area contributed by atoms with Crippen LogP contribution in [0.5, 0.6) is 0 Å². The number of aliphatic hydroxyl groups is 1. The van der Waals surface area contributed by atoms with Crippen molar-refractivity contribution in [3.8, 4) is 11.8 Å². The van der Waals surface area contributed by atoms with Gasteiger partial charge in [0.25, 0.3) is 5.91 Å². The summed E-state index contributed by atoms with van der Waals surface area (Å²) in [5, 5.41) is 11.9. The first-order valence-corrected chi connectivity index (χ1v) is 7.17. The lowest BCUT2D eigenvalue weighted by atomic mass is 10.3. The van der Waals surface area contributed by atoms with Crippen LogP contribution in [-0.4, -0.2) is 22.6 Å². The number of carbonyl (C=O) groups is 1. The highest BCUT2D eigenvalue weighted by molar-refractivity contribution is 7.16. The Labute approximate surface area is 119 Å². The van der Waals surface area contributed by atoms with E-state index in [1.165, 1.54) is 22.7 Å². The summed E-state index contributed by atoms with van der Waals surface area (Å²) < 4.78 is 0. The molecule has 0 atom stereocenters. The highest BCUT2D eigenvalue weighted by Gasteiger charge is 2.12. The zero-order chi connectivity index (χ0) is 13.8. The second kappa shape index (κ2) is 5.97. The van der Waals surface area contributed by atoms with Crippen molar-refractivity contribution in [1.29, 1.82) is 0 Å². The van der Waals surface area contributed by atoms with Crippen LogP contribution in [0.2, 0.25) is 0 Å². The molecule has 0 radical (unpaired) electrons. The van der Waals surface area contributed by atoms with Gasteiger partial charge in [0.05, 0.1) is 16.0 Å². The summed E-state index contributed by atoms with van der Waals surface area (Å²) in [6.45, 7) is 3.78. The highest BCUT2D eigenvalue weighted by atomic mass is 32.1. The zero-order valence-electron chi connectivity index (χ0n) is 10.5. The van der Waals surface area contributed by atoms with Crippen LogP contribution in [0, 0.1) is 25.7 Å². The second-order valence-electron chi connectivity index (χ2n) is 3.79. The van der Waals surface area contributed by atoms with Gasteiger partial charge in [-0.15, -0.1) is 11.3 Å². The lowest BCUT2D eigenvalue weighted by Crippen LogP contribution is -2.09. The van der Waals surface area contributed by atoms with Crippen LogP contribution in [0.3, 0.4) is 0 Å². The van der Waals surface area contributed by atoms with Gasteiger partial charge in [0, 0.05) is 4.88 Å². The van der Waals surface area contributed by atoms with Gasteiger partial charge in [0.15, 0.2) is 5.13 Å². The second-order valence-corrected chi connectivity index (χ2v) is 6.08. The largest absolute Gasteiger partial charge is 0.384 e. The van der Waals surface area contributed by atoms with Gasteiger partial charge in [-0.05, 0) is 25.5 Å². The van der Waals surface area contributed by atoms with E-state index in [4.69, 9.17) is 5.11 Å². The van der Waals surface area contributed by atoms with Gasteiger partial charge in [-0.25, -0.2) is 4.98 Å². The van der Waals surface area contributed by atoms with Crippen LogP contribution < -0.4 is 5.32 Å². The van der Waals surface area contributed by atoms with E-state index in [0.29, 0.717) is 14.9 Å². The van der Waals surface area contributed by atoms with Crippen LogP contribution >= 0.6 is 22.7 Å². The number of amides is 1. The Balaban J connectivity index is 2.08. The van der Waals surface area contributed by atoms with E-state index in [1.54, 1.807) is 6.20 Å². The van der Waals surface area contributed by atoms with Crippen molar-refractivity contribution < 1.29 is 9.90 Å². The molecule has 0 saturated heterocycles. The van der Waals surface area contributed by atoms with Gasteiger partial charge < -0.3 is 5.11 Å². The minimum absolute atomic E-state index is 0.155. The summed E-state index contributed by atoms with van der Waals surface area (Å²) in [5.41, 5.74) is 1.11. The summed E-state index contributed by atoms with van der Waals surface area (Å²) >= 11 is 2.75. The lowest BCUT2D eigenvalue weighted by Gasteiger charge is -1.97. The Kier molecular flexibility index (Phi) is 4.32. The van der Waals surface area contributed by atoms with Gasteiger partial charge in [0.1, 0.15) is 6.61 Å². The quantitative estimate of drug-likeness (QED) is 0.836. The lowest BCUT2D eigenvalue weighted by molar-refractivity contribution is 0.103. The molecule has 0 bridgehead atoms. The topological polar surface area (TPSA) is 62.2 Å². The summed E-state index contributed by atoms with van der Waals surface area (Å²) in [6, 6.07) is 1.87. The Bertz CT molecular complexity index is 642. The molecule has 0 aromatic carbocycles. The van der Waals surface area contributed by atoms with E-state index < -0.39 is 0 Å². The van der Waals surface area contributed by atoms with Crippen molar-refractivity contribution in [2.75, 3.05) is 11.9 Å². The SMILES string of the molecule is Cc1cc(C(=O)Nc2ncc(C#CCO)s2)sc1C. The molecule has 98 valence electrons. The van der Waals surface area contributed by atoms with Crippen LogP contribution in [0.25, 0.3) is 0 Å². The number of aliphatic hydroxyl groups excluding tert-OH is 1. The maximum Gasteiger partial charge on any atom is 0.267 e. The van der Waals surface area contributed by atoms with Crippen LogP contribution in [-0.2, 0) is 0 Å². The number of anilines is 1. The molecule has 2 aromatic heterocycles. The average molecular weight is 292 g/mol. The molecule has 0 spiro atoms. The predicted molar refractivity (Wildman–Crippen MR) is 77.8 cm³/mol.